The lowest BCUT2D eigenvalue weighted by molar-refractivity contribution is -0.147. The van der Waals surface area contributed by atoms with Gasteiger partial charge in [-0.05, 0) is 64.0 Å². The van der Waals surface area contributed by atoms with E-state index in [4.69, 9.17) is 4.74 Å². The quantitative estimate of drug-likeness (QED) is 0.738. The maximum absolute atomic E-state index is 12.3. The van der Waals surface area contributed by atoms with Crippen LogP contribution in [0, 0.1) is 5.92 Å². The summed E-state index contributed by atoms with van der Waals surface area (Å²) < 4.78 is 4.78. The van der Waals surface area contributed by atoms with Crippen molar-refractivity contribution in [2.75, 3.05) is 45.2 Å². The van der Waals surface area contributed by atoms with Crippen LogP contribution in [-0.4, -0.2) is 67.4 Å². The van der Waals surface area contributed by atoms with Crippen LogP contribution < -0.4 is 5.32 Å². The number of carbonyl (C=O) groups excluding carboxylic acids is 3. The van der Waals surface area contributed by atoms with Gasteiger partial charge in [-0.25, -0.2) is 0 Å². The first kappa shape index (κ1) is 20.9. The van der Waals surface area contributed by atoms with Crippen molar-refractivity contribution >= 4 is 23.5 Å². The van der Waals surface area contributed by atoms with Crippen LogP contribution in [0.4, 0.5) is 5.69 Å². The highest BCUT2D eigenvalue weighted by atomic mass is 16.5. The standard InChI is InChI=1S/C20H29N3O4/c1-4-23(5-2)19(25)15-6-8-17(9-7-15)21-18(24)14-22-12-10-16(11-13-22)20(26)27-3/h6-9,16H,4-5,10-14H2,1-3H3,(H,21,24). The molecule has 7 nitrogen and oxygen atoms in total. The Morgan fingerprint density at radius 2 is 1.70 bits per heavy atom. The number of benzene rings is 1. The van der Waals surface area contributed by atoms with Crippen LogP contribution in [0.2, 0.25) is 0 Å². The van der Waals surface area contributed by atoms with Crippen molar-refractivity contribution in [3.05, 3.63) is 29.8 Å². The lowest BCUT2D eigenvalue weighted by atomic mass is 9.97. The van der Waals surface area contributed by atoms with Crippen LogP contribution in [0.1, 0.15) is 37.0 Å². The van der Waals surface area contributed by atoms with Gasteiger partial charge in [0.2, 0.25) is 5.91 Å². The van der Waals surface area contributed by atoms with Crippen molar-refractivity contribution < 1.29 is 19.1 Å². The third-order valence-electron chi connectivity index (χ3n) is 4.96. The molecular weight excluding hydrogens is 346 g/mol. The zero-order chi connectivity index (χ0) is 19.8. The van der Waals surface area contributed by atoms with E-state index in [1.807, 2.05) is 18.7 Å². The average Bonchev–Trinajstić information content (AvgIpc) is 2.69. The number of anilines is 1. The van der Waals surface area contributed by atoms with Crippen LogP contribution >= 0.6 is 0 Å². The Morgan fingerprint density at radius 3 is 2.22 bits per heavy atom. The normalized spacial score (nSPS) is 15.2. The topological polar surface area (TPSA) is 79.0 Å². The molecular formula is C20H29N3O4. The molecule has 1 aromatic rings. The van der Waals surface area contributed by atoms with E-state index in [1.54, 1.807) is 29.2 Å². The first-order valence-corrected chi connectivity index (χ1v) is 9.47. The first-order chi connectivity index (χ1) is 13.0. The second kappa shape index (κ2) is 10.1. The van der Waals surface area contributed by atoms with Crippen LogP contribution in [0.5, 0.6) is 0 Å². The van der Waals surface area contributed by atoms with E-state index >= 15 is 0 Å². The minimum absolute atomic E-state index is 0.00801. The molecule has 7 heteroatoms. The zero-order valence-corrected chi connectivity index (χ0v) is 16.4. The summed E-state index contributed by atoms with van der Waals surface area (Å²) in [6, 6.07) is 6.96. The van der Waals surface area contributed by atoms with Crippen molar-refractivity contribution in [1.29, 1.82) is 0 Å². The van der Waals surface area contributed by atoms with Crippen molar-refractivity contribution in [1.82, 2.24) is 9.80 Å². The fraction of sp³-hybridized carbons (Fsp3) is 0.550. The number of methoxy groups -OCH3 is 1. The van der Waals surface area contributed by atoms with E-state index in [1.165, 1.54) is 7.11 Å². The fourth-order valence-corrected chi connectivity index (χ4v) is 3.29. The lowest BCUT2D eigenvalue weighted by Crippen LogP contribution is -2.41. The van der Waals surface area contributed by atoms with E-state index in [2.05, 4.69) is 5.32 Å². The molecule has 2 amide bonds. The summed E-state index contributed by atoms with van der Waals surface area (Å²) in [6.45, 7) is 6.91. The van der Waals surface area contributed by atoms with E-state index in [9.17, 15) is 14.4 Å². The number of esters is 1. The summed E-state index contributed by atoms with van der Waals surface area (Å²) in [6.07, 6.45) is 1.42. The maximum atomic E-state index is 12.3. The zero-order valence-electron chi connectivity index (χ0n) is 16.4. The van der Waals surface area contributed by atoms with Gasteiger partial charge in [0.1, 0.15) is 0 Å². The molecule has 0 saturated carbocycles. The van der Waals surface area contributed by atoms with Crippen LogP contribution in [0.3, 0.4) is 0 Å². The molecule has 0 unspecified atom stereocenters. The second-order valence-electron chi connectivity index (χ2n) is 6.68. The molecule has 27 heavy (non-hydrogen) atoms. The van der Waals surface area contributed by atoms with Gasteiger partial charge in [-0.1, -0.05) is 0 Å². The molecule has 0 aliphatic carbocycles. The predicted molar refractivity (Wildman–Crippen MR) is 104 cm³/mol. The summed E-state index contributed by atoms with van der Waals surface area (Å²) in [7, 11) is 1.41. The Morgan fingerprint density at radius 1 is 1.11 bits per heavy atom. The van der Waals surface area contributed by atoms with Gasteiger partial charge in [0.25, 0.3) is 5.91 Å². The van der Waals surface area contributed by atoms with Gasteiger partial charge in [0, 0.05) is 24.3 Å². The Labute approximate surface area is 160 Å². The van der Waals surface area contributed by atoms with Gasteiger partial charge in [0.05, 0.1) is 19.6 Å². The fourth-order valence-electron chi connectivity index (χ4n) is 3.29. The van der Waals surface area contributed by atoms with Gasteiger partial charge in [-0.2, -0.15) is 0 Å². The largest absolute Gasteiger partial charge is 0.469 e. The number of ether oxygens (including phenoxy) is 1. The number of likely N-dealkylation sites (tertiary alicyclic amines) is 1. The van der Waals surface area contributed by atoms with Crippen LogP contribution in [0.25, 0.3) is 0 Å². The molecule has 1 saturated heterocycles. The molecule has 1 heterocycles. The Balaban J connectivity index is 1.82. The number of carbonyl (C=O) groups is 3. The second-order valence-corrected chi connectivity index (χ2v) is 6.68. The third kappa shape index (κ3) is 5.79. The van der Waals surface area contributed by atoms with E-state index in [0.29, 0.717) is 50.3 Å². The Hall–Kier alpha value is -2.41. The summed E-state index contributed by atoms with van der Waals surface area (Å²) >= 11 is 0. The number of amides is 2. The molecule has 1 aromatic carbocycles. The molecule has 1 aliphatic rings. The maximum Gasteiger partial charge on any atom is 0.308 e. The molecule has 2 rings (SSSR count). The SMILES string of the molecule is CCN(CC)C(=O)c1ccc(NC(=O)CN2CCC(C(=O)OC)CC2)cc1. The highest BCUT2D eigenvalue weighted by Gasteiger charge is 2.26. The number of nitrogens with one attached hydrogen (secondary N) is 1. The monoisotopic (exact) mass is 375 g/mol. The molecule has 0 radical (unpaired) electrons. The number of nitrogens with zero attached hydrogens (tertiary/aromatic N) is 2. The average molecular weight is 375 g/mol. The lowest BCUT2D eigenvalue weighted by Gasteiger charge is -2.29. The van der Waals surface area contributed by atoms with Crippen LogP contribution in [-0.2, 0) is 14.3 Å². The number of rotatable bonds is 7. The molecule has 1 aliphatic heterocycles. The molecule has 0 aromatic heterocycles. The van der Waals surface area contributed by atoms with E-state index in [0.717, 1.165) is 0 Å². The number of hydrogen-bond donors (Lipinski definition) is 1. The molecule has 148 valence electrons. The van der Waals surface area contributed by atoms with Crippen molar-refractivity contribution in [2.24, 2.45) is 5.92 Å². The molecule has 0 atom stereocenters. The predicted octanol–water partition coefficient (Wildman–Crippen LogP) is 1.99. The number of piperidine rings is 1. The minimum atomic E-state index is -0.168. The van der Waals surface area contributed by atoms with Crippen LogP contribution in [0.15, 0.2) is 24.3 Å². The van der Waals surface area contributed by atoms with Crippen molar-refractivity contribution in [3.8, 4) is 0 Å². The summed E-state index contributed by atoms with van der Waals surface area (Å²) in [4.78, 5) is 39.9. The van der Waals surface area contributed by atoms with Crippen molar-refractivity contribution in [2.45, 2.75) is 26.7 Å². The Bertz CT molecular complexity index is 648. The number of hydrogen-bond acceptors (Lipinski definition) is 5. The molecule has 0 bridgehead atoms. The Kier molecular flexibility index (Phi) is 7.79. The highest BCUT2D eigenvalue weighted by molar-refractivity contribution is 5.96. The molecule has 0 spiro atoms. The van der Waals surface area contributed by atoms with Gasteiger partial charge in [-0.3, -0.25) is 19.3 Å². The third-order valence-corrected chi connectivity index (χ3v) is 4.96. The summed E-state index contributed by atoms with van der Waals surface area (Å²) in [5.74, 6) is -0.343. The molecule has 1 N–H and O–H groups in total. The summed E-state index contributed by atoms with van der Waals surface area (Å²) in [5, 5.41) is 2.86. The van der Waals surface area contributed by atoms with E-state index in [-0.39, 0.29) is 30.2 Å². The molecule has 1 fully saturated rings. The minimum Gasteiger partial charge on any atom is -0.469 e. The highest BCUT2D eigenvalue weighted by Crippen LogP contribution is 2.18. The van der Waals surface area contributed by atoms with E-state index < -0.39 is 0 Å². The summed E-state index contributed by atoms with van der Waals surface area (Å²) in [5.41, 5.74) is 1.28. The smallest absolute Gasteiger partial charge is 0.308 e. The first-order valence-electron chi connectivity index (χ1n) is 9.47. The van der Waals surface area contributed by atoms with Crippen molar-refractivity contribution in [3.63, 3.8) is 0 Å². The van der Waals surface area contributed by atoms with Gasteiger partial charge in [0.15, 0.2) is 0 Å². The van der Waals surface area contributed by atoms with Gasteiger partial charge in [-0.15, -0.1) is 0 Å². The van der Waals surface area contributed by atoms with Gasteiger partial charge < -0.3 is 15.0 Å². The van der Waals surface area contributed by atoms with Gasteiger partial charge >= 0.3 is 5.97 Å².